The molecular weight excluding hydrogens is 627 g/mol. The summed E-state index contributed by atoms with van der Waals surface area (Å²) in [7, 11) is 0. The molecule has 4 heterocycles. The molecule has 2 aromatic carbocycles. The van der Waals surface area contributed by atoms with Gasteiger partial charge in [-0.05, 0) is 115 Å². The second kappa shape index (κ2) is 18.5. The van der Waals surface area contributed by atoms with E-state index in [0.717, 1.165) is 109 Å². The van der Waals surface area contributed by atoms with Crippen LogP contribution in [0.2, 0.25) is 0 Å². The molecule has 2 aromatic heterocycles. The van der Waals surface area contributed by atoms with Gasteiger partial charge >= 0.3 is 0 Å². The van der Waals surface area contributed by atoms with E-state index in [-0.39, 0.29) is 17.7 Å². The third-order valence-corrected chi connectivity index (χ3v) is 10.4. The van der Waals surface area contributed by atoms with Crippen LogP contribution in [0.1, 0.15) is 43.7 Å². The number of β-amino-alcohol motifs (C(OH)–C–C–N with tert-alkyl or cyclic N) is 1. The molecule has 10 heteroatoms. The lowest BCUT2D eigenvalue weighted by atomic mass is 10.1. The number of likely N-dealkylation sites (tertiary alicyclic amines) is 2. The molecule has 0 saturated carbocycles. The number of hydrogen-bond donors (Lipinski definition) is 1. The van der Waals surface area contributed by atoms with E-state index < -0.39 is 0 Å². The van der Waals surface area contributed by atoms with Gasteiger partial charge < -0.3 is 29.1 Å². The van der Waals surface area contributed by atoms with Gasteiger partial charge in [-0.2, -0.15) is 0 Å². The van der Waals surface area contributed by atoms with Crippen LogP contribution in [0, 0.1) is 11.6 Å². The van der Waals surface area contributed by atoms with Crippen LogP contribution in [0.5, 0.6) is 0 Å². The molecule has 2 unspecified atom stereocenters. The number of nitrogens with zero attached hydrogens (tertiary/aromatic N) is 2. The van der Waals surface area contributed by atoms with Gasteiger partial charge in [0.15, 0.2) is 0 Å². The van der Waals surface area contributed by atoms with Crippen LogP contribution in [-0.4, -0.2) is 99.4 Å². The normalized spacial score (nSPS) is 19.0. The first-order valence-corrected chi connectivity index (χ1v) is 18.5. The van der Waals surface area contributed by atoms with Gasteiger partial charge in [-0.15, -0.1) is 22.7 Å². The molecule has 2 aliphatic rings. The maximum absolute atomic E-state index is 14.0. The molecule has 4 aromatic rings. The maximum atomic E-state index is 14.0. The van der Waals surface area contributed by atoms with Crippen LogP contribution in [0.3, 0.4) is 0 Å². The van der Waals surface area contributed by atoms with E-state index in [0.29, 0.717) is 38.8 Å². The number of thiophene rings is 2. The minimum atomic E-state index is -0.157. The van der Waals surface area contributed by atoms with Gasteiger partial charge in [0.2, 0.25) is 0 Å². The standard InChI is InChI=1S/C19H26FNO2S.C17H22FNO2S/c1-2-23-17-4-8-21(14-17)7-3-9-22-10-5-15-12-16-6-11-24-19(16)13-18(15)20;18-16-11-17-14(4-9-22-17)10-13(16)3-8-21-7-1-5-19-6-2-15(20)12-19/h6,11-13,17H,2-5,7-10,14H2,1H3;4,9-11,15,20H,1-3,5-8,12H2. The number of ether oxygens (including phenoxy) is 3. The van der Waals surface area contributed by atoms with Crippen molar-refractivity contribution in [2.24, 2.45) is 0 Å². The summed E-state index contributed by atoms with van der Waals surface area (Å²) >= 11 is 3.14. The van der Waals surface area contributed by atoms with Gasteiger partial charge in [-0.1, -0.05) is 0 Å². The van der Waals surface area contributed by atoms with E-state index in [1.54, 1.807) is 34.8 Å². The maximum Gasteiger partial charge on any atom is 0.127 e. The number of halogens is 2. The molecule has 0 aliphatic carbocycles. The molecule has 6 rings (SSSR count). The van der Waals surface area contributed by atoms with Gasteiger partial charge in [-0.25, -0.2) is 8.78 Å². The Morgan fingerprint density at radius 3 is 1.83 bits per heavy atom. The summed E-state index contributed by atoms with van der Waals surface area (Å²) in [5, 5.41) is 15.7. The molecule has 46 heavy (non-hydrogen) atoms. The zero-order valence-corrected chi connectivity index (χ0v) is 28.6. The highest BCUT2D eigenvalue weighted by molar-refractivity contribution is 7.17. The largest absolute Gasteiger partial charge is 0.392 e. The molecule has 2 fully saturated rings. The van der Waals surface area contributed by atoms with Crippen molar-refractivity contribution in [1.82, 2.24) is 9.80 Å². The lowest BCUT2D eigenvalue weighted by Gasteiger charge is -2.15. The van der Waals surface area contributed by atoms with E-state index in [1.165, 1.54) is 0 Å². The van der Waals surface area contributed by atoms with Crippen LogP contribution in [-0.2, 0) is 27.1 Å². The first-order chi connectivity index (χ1) is 22.5. The van der Waals surface area contributed by atoms with Crippen molar-refractivity contribution in [1.29, 1.82) is 0 Å². The van der Waals surface area contributed by atoms with E-state index >= 15 is 0 Å². The Kier molecular flexibility index (Phi) is 14.2. The summed E-state index contributed by atoms with van der Waals surface area (Å²) < 4.78 is 46.9. The van der Waals surface area contributed by atoms with E-state index in [2.05, 4.69) is 16.7 Å². The zero-order chi connectivity index (χ0) is 32.1. The highest BCUT2D eigenvalue weighted by Crippen LogP contribution is 2.25. The Morgan fingerprint density at radius 2 is 1.30 bits per heavy atom. The Balaban J connectivity index is 0.000000182. The van der Waals surface area contributed by atoms with Crippen molar-refractivity contribution in [3.05, 3.63) is 69.9 Å². The Bertz CT molecular complexity index is 1480. The zero-order valence-electron chi connectivity index (χ0n) is 26.9. The molecule has 0 amide bonds. The first kappa shape index (κ1) is 35.3. The number of fused-ring (bicyclic) bond motifs is 2. The average Bonchev–Trinajstić information content (AvgIpc) is 3.86. The van der Waals surface area contributed by atoms with Gasteiger partial charge in [-0.3, -0.25) is 0 Å². The Labute approximate surface area is 279 Å². The topological polar surface area (TPSA) is 54.4 Å². The van der Waals surface area contributed by atoms with Crippen LogP contribution in [0.15, 0.2) is 47.2 Å². The van der Waals surface area contributed by atoms with Crippen LogP contribution < -0.4 is 0 Å². The SMILES string of the molecule is CCOC1CCN(CCCOCCc2cc3ccsc3cc2F)C1.OC1CCN(CCCOCCc2cc3ccsc3cc2F)C1. The van der Waals surface area contributed by atoms with Gasteiger partial charge in [0, 0.05) is 68.5 Å². The fourth-order valence-electron chi connectivity index (χ4n) is 6.18. The van der Waals surface area contributed by atoms with Gasteiger partial charge in [0.05, 0.1) is 25.4 Å². The molecule has 2 saturated heterocycles. The van der Waals surface area contributed by atoms with E-state index in [4.69, 9.17) is 14.2 Å². The predicted octanol–water partition coefficient (Wildman–Crippen LogP) is 7.16. The van der Waals surface area contributed by atoms with Crippen molar-refractivity contribution in [2.45, 2.75) is 57.7 Å². The summed E-state index contributed by atoms with van der Waals surface area (Å²) in [5.41, 5.74) is 1.48. The first-order valence-electron chi connectivity index (χ1n) is 16.7. The van der Waals surface area contributed by atoms with Crippen molar-refractivity contribution >= 4 is 42.8 Å². The number of benzene rings is 2. The predicted molar refractivity (Wildman–Crippen MR) is 185 cm³/mol. The summed E-state index contributed by atoms with van der Waals surface area (Å²) in [6.45, 7) is 11.3. The van der Waals surface area contributed by atoms with Crippen LogP contribution in [0.25, 0.3) is 20.2 Å². The molecule has 252 valence electrons. The number of aliphatic hydroxyl groups is 1. The van der Waals surface area contributed by atoms with E-state index in [1.807, 2.05) is 35.0 Å². The summed E-state index contributed by atoms with van der Waals surface area (Å²) in [5.74, 6) is -0.253. The fourth-order valence-corrected chi connectivity index (χ4v) is 7.77. The van der Waals surface area contributed by atoms with Crippen molar-refractivity contribution in [3.63, 3.8) is 0 Å². The van der Waals surface area contributed by atoms with Crippen LogP contribution in [0.4, 0.5) is 8.78 Å². The molecule has 6 nitrogen and oxygen atoms in total. The molecule has 0 spiro atoms. The van der Waals surface area contributed by atoms with Crippen molar-refractivity contribution in [2.75, 3.05) is 72.3 Å². The highest BCUT2D eigenvalue weighted by Gasteiger charge is 2.22. The molecular formula is C36H48F2N2O4S2. The van der Waals surface area contributed by atoms with Gasteiger partial charge in [0.1, 0.15) is 11.6 Å². The average molecular weight is 675 g/mol. The molecule has 2 aliphatic heterocycles. The molecule has 0 bridgehead atoms. The smallest absolute Gasteiger partial charge is 0.127 e. The minimum absolute atomic E-state index is 0.118. The van der Waals surface area contributed by atoms with Crippen LogP contribution >= 0.6 is 22.7 Å². The Hall–Kier alpha value is -2.02. The third-order valence-electron chi connectivity index (χ3n) is 8.68. The highest BCUT2D eigenvalue weighted by atomic mass is 32.1. The quantitative estimate of drug-likeness (QED) is 0.127. The van der Waals surface area contributed by atoms with E-state index in [9.17, 15) is 13.9 Å². The Morgan fingerprint density at radius 1 is 0.761 bits per heavy atom. The minimum Gasteiger partial charge on any atom is -0.392 e. The van der Waals surface area contributed by atoms with Gasteiger partial charge in [0.25, 0.3) is 0 Å². The third kappa shape index (κ3) is 10.8. The number of rotatable bonds is 16. The monoisotopic (exact) mass is 674 g/mol. The summed E-state index contributed by atoms with van der Waals surface area (Å²) in [6.07, 6.45) is 5.49. The number of aliphatic hydroxyl groups excluding tert-OH is 1. The summed E-state index contributed by atoms with van der Waals surface area (Å²) in [4.78, 5) is 4.70. The van der Waals surface area contributed by atoms with Crippen molar-refractivity contribution < 1.29 is 28.1 Å². The fraction of sp³-hybridized carbons (Fsp3) is 0.556. The summed E-state index contributed by atoms with van der Waals surface area (Å²) in [6, 6.07) is 11.2. The molecule has 0 radical (unpaired) electrons. The number of hydrogen-bond acceptors (Lipinski definition) is 8. The molecule has 1 N–H and O–H groups in total. The molecule has 2 atom stereocenters. The lowest BCUT2D eigenvalue weighted by molar-refractivity contribution is 0.0671. The second-order valence-electron chi connectivity index (χ2n) is 12.1. The second-order valence-corrected chi connectivity index (χ2v) is 14.0. The van der Waals surface area contributed by atoms with Crippen molar-refractivity contribution in [3.8, 4) is 0 Å². The lowest BCUT2D eigenvalue weighted by Crippen LogP contribution is -2.25.